The average Bonchev–Trinajstić information content (AvgIpc) is 3.17. The lowest BCUT2D eigenvalue weighted by atomic mass is 9.83. The smallest absolute Gasteiger partial charge is 0.142 e. The summed E-state index contributed by atoms with van der Waals surface area (Å²) in [6, 6.07) is 7.76. The van der Waals surface area contributed by atoms with E-state index < -0.39 is 0 Å². The van der Waals surface area contributed by atoms with E-state index >= 15 is 0 Å². The van der Waals surface area contributed by atoms with Crippen LogP contribution in [-0.2, 0) is 4.79 Å². The Hall–Kier alpha value is -0.860. The van der Waals surface area contributed by atoms with Crippen molar-refractivity contribution in [3.05, 3.63) is 34.9 Å². The molecule has 0 bridgehead atoms. The number of halogens is 1. The van der Waals surface area contributed by atoms with E-state index in [4.69, 9.17) is 11.6 Å². The molecule has 1 aromatic rings. The Morgan fingerprint density at radius 2 is 1.80 bits per heavy atom. The molecule has 1 saturated carbocycles. The molecule has 0 saturated heterocycles. The number of rotatable bonds is 6. The molecule has 1 atom stereocenters. The first-order chi connectivity index (χ1) is 9.35. The van der Waals surface area contributed by atoms with Crippen molar-refractivity contribution in [2.75, 3.05) is 14.1 Å². The van der Waals surface area contributed by atoms with E-state index in [1.807, 2.05) is 38.1 Å². The topological polar surface area (TPSA) is 20.3 Å². The molecule has 0 N–H and O–H groups in total. The number of carbonyl (C=O) groups is 1. The highest BCUT2D eigenvalue weighted by Gasteiger charge is 2.47. The van der Waals surface area contributed by atoms with E-state index in [2.05, 4.69) is 19.0 Å². The van der Waals surface area contributed by atoms with Gasteiger partial charge in [0, 0.05) is 22.4 Å². The second kappa shape index (κ2) is 5.87. The Morgan fingerprint density at radius 3 is 2.20 bits per heavy atom. The van der Waals surface area contributed by atoms with Gasteiger partial charge in [-0.1, -0.05) is 37.6 Å². The minimum absolute atomic E-state index is 0.0165. The molecule has 1 aliphatic carbocycles. The molecule has 2 rings (SSSR count). The van der Waals surface area contributed by atoms with Gasteiger partial charge in [-0.3, -0.25) is 4.79 Å². The van der Waals surface area contributed by atoms with Crippen LogP contribution in [-0.4, -0.2) is 30.3 Å². The summed E-state index contributed by atoms with van der Waals surface area (Å²) in [7, 11) is 4.23. The molecule has 110 valence electrons. The van der Waals surface area contributed by atoms with Crippen molar-refractivity contribution in [1.29, 1.82) is 0 Å². The molecule has 0 radical (unpaired) electrons. The second-order valence-electron chi connectivity index (χ2n) is 6.48. The van der Waals surface area contributed by atoms with Gasteiger partial charge in [-0.15, -0.1) is 0 Å². The van der Waals surface area contributed by atoms with Gasteiger partial charge in [0.1, 0.15) is 5.78 Å². The number of hydrogen-bond donors (Lipinski definition) is 0. The Kier molecular flexibility index (Phi) is 4.55. The maximum absolute atomic E-state index is 12.6. The van der Waals surface area contributed by atoms with Gasteiger partial charge in [0.05, 0.1) is 0 Å². The summed E-state index contributed by atoms with van der Waals surface area (Å²) in [5.41, 5.74) is 1.32. The van der Waals surface area contributed by atoms with Crippen LogP contribution in [0.15, 0.2) is 24.3 Å². The normalized spacial score (nSPS) is 18.4. The number of carbonyl (C=O) groups excluding carboxylic acids is 1. The van der Waals surface area contributed by atoms with E-state index in [1.165, 1.54) is 12.8 Å². The molecule has 0 amide bonds. The summed E-state index contributed by atoms with van der Waals surface area (Å²) in [4.78, 5) is 14.9. The van der Waals surface area contributed by atoms with Gasteiger partial charge in [-0.25, -0.2) is 0 Å². The molecule has 1 unspecified atom stereocenters. The van der Waals surface area contributed by atoms with Crippen molar-refractivity contribution in [2.45, 2.75) is 44.6 Å². The van der Waals surface area contributed by atoms with Crippen LogP contribution < -0.4 is 0 Å². The number of ketones is 1. The largest absolute Gasteiger partial charge is 0.304 e. The number of hydrogen-bond acceptors (Lipinski definition) is 2. The fourth-order valence-electron chi connectivity index (χ4n) is 2.84. The van der Waals surface area contributed by atoms with Crippen molar-refractivity contribution in [3.8, 4) is 0 Å². The molecule has 1 aromatic carbocycles. The zero-order valence-corrected chi connectivity index (χ0v) is 13.6. The predicted molar refractivity (Wildman–Crippen MR) is 84.3 cm³/mol. The lowest BCUT2D eigenvalue weighted by Crippen LogP contribution is -2.34. The van der Waals surface area contributed by atoms with Gasteiger partial charge >= 0.3 is 0 Å². The Labute approximate surface area is 127 Å². The third kappa shape index (κ3) is 3.24. The standard InChI is InChI=1S/C17H24ClNO/c1-12(2)16(20)15(11-17(9-10-17)19(3)4)13-5-7-14(18)8-6-13/h5-8,12,15H,9-11H2,1-4H3. The van der Waals surface area contributed by atoms with Gasteiger partial charge in [-0.05, 0) is 51.1 Å². The van der Waals surface area contributed by atoms with Gasteiger partial charge in [0.2, 0.25) is 0 Å². The minimum atomic E-state index is -0.0165. The molecular formula is C17H24ClNO. The number of Topliss-reactive ketones (excluding diaryl/α,β-unsaturated/α-hetero) is 1. The fourth-order valence-corrected chi connectivity index (χ4v) is 2.96. The van der Waals surface area contributed by atoms with Crippen molar-refractivity contribution in [3.63, 3.8) is 0 Å². The molecule has 0 aromatic heterocycles. The highest BCUT2D eigenvalue weighted by molar-refractivity contribution is 6.30. The second-order valence-corrected chi connectivity index (χ2v) is 6.92. The van der Waals surface area contributed by atoms with Crippen molar-refractivity contribution in [1.82, 2.24) is 4.90 Å². The Morgan fingerprint density at radius 1 is 1.25 bits per heavy atom. The summed E-state index contributed by atoms with van der Waals surface area (Å²) in [5.74, 6) is 0.381. The van der Waals surface area contributed by atoms with Crippen LogP contribution in [0.25, 0.3) is 0 Å². The van der Waals surface area contributed by atoms with Crippen LogP contribution in [0, 0.1) is 5.92 Å². The first kappa shape index (κ1) is 15.5. The lowest BCUT2D eigenvalue weighted by molar-refractivity contribution is -0.123. The monoisotopic (exact) mass is 293 g/mol. The zero-order valence-electron chi connectivity index (χ0n) is 12.8. The Bertz CT molecular complexity index is 474. The third-order valence-electron chi connectivity index (χ3n) is 4.54. The molecule has 0 spiro atoms. The molecule has 1 aliphatic rings. The van der Waals surface area contributed by atoms with Gasteiger partial charge in [0.15, 0.2) is 0 Å². The number of benzene rings is 1. The van der Waals surface area contributed by atoms with Crippen LogP contribution in [0.5, 0.6) is 0 Å². The highest BCUT2D eigenvalue weighted by Crippen LogP contribution is 2.47. The van der Waals surface area contributed by atoms with E-state index in [0.717, 1.165) is 17.0 Å². The maximum Gasteiger partial charge on any atom is 0.142 e. The van der Waals surface area contributed by atoms with Crippen molar-refractivity contribution < 1.29 is 4.79 Å². The van der Waals surface area contributed by atoms with Gasteiger partial charge in [-0.2, -0.15) is 0 Å². The lowest BCUT2D eigenvalue weighted by Gasteiger charge is -2.29. The zero-order chi connectivity index (χ0) is 14.9. The number of nitrogens with zero attached hydrogens (tertiary/aromatic N) is 1. The highest BCUT2D eigenvalue weighted by atomic mass is 35.5. The molecule has 1 fully saturated rings. The quantitative estimate of drug-likeness (QED) is 0.786. The maximum atomic E-state index is 12.6. The Balaban J connectivity index is 2.26. The summed E-state index contributed by atoms with van der Waals surface area (Å²) in [6.07, 6.45) is 3.30. The van der Waals surface area contributed by atoms with E-state index in [9.17, 15) is 4.79 Å². The van der Waals surface area contributed by atoms with Crippen LogP contribution in [0.1, 0.15) is 44.6 Å². The van der Waals surface area contributed by atoms with Crippen LogP contribution in [0.4, 0.5) is 0 Å². The summed E-state index contributed by atoms with van der Waals surface area (Å²) < 4.78 is 0. The SMILES string of the molecule is CC(C)C(=O)C(CC1(N(C)C)CC1)c1ccc(Cl)cc1. The molecule has 2 nitrogen and oxygen atoms in total. The van der Waals surface area contributed by atoms with Crippen molar-refractivity contribution >= 4 is 17.4 Å². The van der Waals surface area contributed by atoms with Gasteiger partial charge < -0.3 is 4.90 Å². The molecule has 3 heteroatoms. The fraction of sp³-hybridized carbons (Fsp3) is 0.588. The summed E-state index contributed by atoms with van der Waals surface area (Å²) in [6.45, 7) is 3.97. The molecular weight excluding hydrogens is 270 g/mol. The molecule has 0 aliphatic heterocycles. The van der Waals surface area contributed by atoms with Crippen molar-refractivity contribution in [2.24, 2.45) is 5.92 Å². The summed E-state index contributed by atoms with van der Waals surface area (Å²) >= 11 is 5.96. The predicted octanol–water partition coefficient (Wildman–Crippen LogP) is 4.13. The van der Waals surface area contributed by atoms with Crippen LogP contribution in [0.3, 0.4) is 0 Å². The first-order valence-electron chi connectivity index (χ1n) is 7.32. The van der Waals surface area contributed by atoms with Gasteiger partial charge in [0.25, 0.3) is 0 Å². The average molecular weight is 294 g/mol. The van der Waals surface area contributed by atoms with E-state index in [0.29, 0.717) is 5.78 Å². The van der Waals surface area contributed by atoms with Crippen LogP contribution in [0.2, 0.25) is 5.02 Å². The third-order valence-corrected chi connectivity index (χ3v) is 4.80. The van der Waals surface area contributed by atoms with Crippen LogP contribution >= 0.6 is 11.6 Å². The van der Waals surface area contributed by atoms with E-state index in [-0.39, 0.29) is 17.4 Å². The van der Waals surface area contributed by atoms with E-state index in [1.54, 1.807) is 0 Å². The first-order valence-corrected chi connectivity index (χ1v) is 7.70. The molecule has 20 heavy (non-hydrogen) atoms. The summed E-state index contributed by atoms with van der Waals surface area (Å²) in [5, 5.41) is 0.721. The minimum Gasteiger partial charge on any atom is -0.304 e. The molecule has 0 heterocycles.